The molecule has 0 aliphatic carbocycles. The Morgan fingerprint density at radius 1 is 1.07 bits per heavy atom. The number of sulfonamides is 1. The molecule has 0 unspecified atom stereocenters. The van der Waals surface area contributed by atoms with Crippen LogP contribution in [0.5, 0.6) is 5.75 Å². The summed E-state index contributed by atoms with van der Waals surface area (Å²) in [5, 5.41) is 16.4. The number of aromatic nitrogens is 2. The molecule has 1 aliphatic heterocycles. The van der Waals surface area contributed by atoms with E-state index in [-0.39, 0.29) is 23.5 Å². The first-order chi connectivity index (χ1) is 19.3. The van der Waals surface area contributed by atoms with Crippen LogP contribution >= 0.6 is 0 Å². The van der Waals surface area contributed by atoms with Gasteiger partial charge < -0.3 is 20.1 Å². The lowest BCUT2D eigenvalue weighted by atomic mass is 10.0. The summed E-state index contributed by atoms with van der Waals surface area (Å²) in [6.07, 6.45) is 1.67. The first kappa shape index (κ1) is 27.5. The van der Waals surface area contributed by atoms with Crippen molar-refractivity contribution in [1.29, 1.82) is 0 Å². The predicted octanol–water partition coefficient (Wildman–Crippen LogP) is 4.17. The fourth-order valence-corrected chi connectivity index (χ4v) is 6.10. The topological polar surface area (TPSA) is 132 Å². The molecule has 1 aromatic heterocycles. The minimum atomic E-state index is -3.76. The highest BCUT2D eigenvalue weighted by atomic mass is 32.2. The van der Waals surface area contributed by atoms with Gasteiger partial charge in [0.1, 0.15) is 11.4 Å². The Morgan fingerprint density at radius 3 is 2.60 bits per heavy atom. The van der Waals surface area contributed by atoms with Gasteiger partial charge in [-0.25, -0.2) is 13.1 Å². The maximum absolute atomic E-state index is 13.2. The molecule has 0 saturated carbocycles. The number of aryl methyl sites for hydroxylation is 1. The van der Waals surface area contributed by atoms with Crippen LogP contribution in [0.4, 0.5) is 11.5 Å². The second kappa shape index (κ2) is 11.6. The van der Waals surface area contributed by atoms with Gasteiger partial charge in [-0.1, -0.05) is 36.4 Å². The van der Waals surface area contributed by atoms with Crippen LogP contribution in [0.15, 0.2) is 65.6 Å². The number of carbonyl (C=O) groups is 1. The number of fused-ring (bicyclic) bond motifs is 1. The lowest BCUT2D eigenvalue weighted by Crippen LogP contribution is -2.32. The Labute approximate surface area is 233 Å². The molecule has 3 N–H and O–H groups in total. The van der Waals surface area contributed by atoms with Crippen LogP contribution in [-0.2, 0) is 14.8 Å². The second-order valence-corrected chi connectivity index (χ2v) is 11.3. The second-order valence-electron chi connectivity index (χ2n) is 9.53. The average Bonchev–Trinajstić information content (AvgIpc) is 3.50. The van der Waals surface area contributed by atoms with Crippen molar-refractivity contribution >= 4 is 38.2 Å². The first-order valence-electron chi connectivity index (χ1n) is 13.0. The molecule has 208 valence electrons. The van der Waals surface area contributed by atoms with Crippen LogP contribution < -0.4 is 20.1 Å². The molecule has 1 amide bonds. The van der Waals surface area contributed by atoms with Gasteiger partial charge in [0, 0.05) is 42.2 Å². The summed E-state index contributed by atoms with van der Waals surface area (Å²) >= 11 is 0. The number of nitrogens with zero attached hydrogens (tertiary/aromatic N) is 2. The monoisotopic (exact) mass is 561 g/mol. The van der Waals surface area contributed by atoms with Gasteiger partial charge >= 0.3 is 0 Å². The molecule has 1 atom stereocenters. The molecule has 1 saturated heterocycles. The zero-order valence-corrected chi connectivity index (χ0v) is 23.3. The van der Waals surface area contributed by atoms with E-state index in [9.17, 15) is 13.2 Å². The molecule has 11 heteroatoms. The predicted molar refractivity (Wildman–Crippen MR) is 154 cm³/mol. The molecule has 10 nitrogen and oxygen atoms in total. The minimum Gasteiger partial charge on any atom is -0.496 e. The van der Waals surface area contributed by atoms with Gasteiger partial charge in [0.2, 0.25) is 10.0 Å². The van der Waals surface area contributed by atoms with Gasteiger partial charge in [-0.3, -0.25) is 4.79 Å². The van der Waals surface area contributed by atoms with Gasteiger partial charge in [0.25, 0.3) is 5.91 Å². The average molecular weight is 562 g/mol. The Bertz CT molecular complexity index is 1670. The van der Waals surface area contributed by atoms with Crippen LogP contribution in [0.2, 0.25) is 0 Å². The van der Waals surface area contributed by atoms with E-state index in [1.807, 2.05) is 30.3 Å². The number of methoxy groups -OCH3 is 1. The highest BCUT2D eigenvalue weighted by Crippen LogP contribution is 2.33. The molecule has 0 radical (unpaired) electrons. The SMILES string of the molecule is CNC(=O)c1cc(Nc2nnc(-c3ccc(C)c(S(=O)(=O)NC[C@H]4CCCO4)c3)c3ccccc23)ccc1OC. The smallest absolute Gasteiger partial charge is 0.254 e. The van der Waals surface area contributed by atoms with E-state index < -0.39 is 10.0 Å². The molecule has 1 fully saturated rings. The van der Waals surface area contributed by atoms with Crippen molar-refractivity contribution in [2.24, 2.45) is 0 Å². The van der Waals surface area contributed by atoms with Crippen LogP contribution in [0.1, 0.15) is 28.8 Å². The summed E-state index contributed by atoms with van der Waals surface area (Å²) in [5.41, 5.74) is 2.82. The molecular formula is C29H31N5O5S. The molecule has 0 bridgehead atoms. The van der Waals surface area contributed by atoms with Gasteiger partial charge in [0.05, 0.1) is 23.7 Å². The number of carbonyl (C=O) groups excluding carboxylic acids is 1. The Morgan fingerprint density at radius 2 is 1.88 bits per heavy atom. The minimum absolute atomic E-state index is 0.105. The fraction of sp³-hybridized carbons (Fsp3) is 0.276. The van der Waals surface area contributed by atoms with Crippen molar-refractivity contribution in [2.45, 2.75) is 30.8 Å². The number of hydrogen-bond donors (Lipinski definition) is 3. The van der Waals surface area contributed by atoms with Crippen LogP contribution in [0.25, 0.3) is 22.0 Å². The molecular weight excluding hydrogens is 530 g/mol. The van der Waals surface area contributed by atoms with E-state index in [0.29, 0.717) is 46.2 Å². The van der Waals surface area contributed by atoms with E-state index in [1.54, 1.807) is 44.3 Å². The molecule has 4 aromatic rings. The lowest BCUT2D eigenvalue weighted by Gasteiger charge is -2.15. The van der Waals surface area contributed by atoms with Gasteiger partial charge in [-0.15, -0.1) is 10.2 Å². The lowest BCUT2D eigenvalue weighted by molar-refractivity contribution is 0.0960. The van der Waals surface area contributed by atoms with E-state index in [4.69, 9.17) is 9.47 Å². The highest BCUT2D eigenvalue weighted by molar-refractivity contribution is 7.89. The van der Waals surface area contributed by atoms with Gasteiger partial charge in [0.15, 0.2) is 5.82 Å². The maximum Gasteiger partial charge on any atom is 0.254 e. The Balaban J connectivity index is 1.49. The number of anilines is 2. The zero-order chi connectivity index (χ0) is 28.3. The van der Waals surface area contributed by atoms with Gasteiger partial charge in [-0.2, -0.15) is 0 Å². The largest absolute Gasteiger partial charge is 0.496 e. The van der Waals surface area contributed by atoms with Crippen molar-refractivity contribution in [3.63, 3.8) is 0 Å². The summed E-state index contributed by atoms with van der Waals surface area (Å²) in [5.74, 6) is 0.666. The molecule has 2 heterocycles. The molecule has 0 spiro atoms. The number of nitrogens with one attached hydrogen (secondary N) is 3. The quantitative estimate of drug-likeness (QED) is 0.277. The van der Waals surface area contributed by atoms with E-state index in [1.165, 1.54) is 7.11 Å². The normalized spacial score (nSPS) is 15.2. The third-order valence-corrected chi connectivity index (χ3v) is 8.46. The van der Waals surface area contributed by atoms with Crippen molar-refractivity contribution in [2.75, 3.05) is 32.6 Å². The van der Waals surface area contributed by atoms with E-state index in [0.717, 1.165) is 23.6 Å². The summed E-state index contributed by atoms with van der Waals surface area (Å²) < 4.78 is 40.0. The van der Waals surface area contributed by atoms with Gasteiger partial charge in [-0.05, 0) is 49.6 Å². The van der Waals surface area contributed by atoms with Crippen molar-refractivity contribution in [3.8, 4) is 17.0 Å². The third kappa shape index (κ3) is 5.62. The Hall–Kier alpha value is -4.06. The van der Waals surface area contributed by atoms with Crippen molar-refractivity contribution in [3.05, 3.63) is 71.8 Å². The van der Waals surface area contributed by atoms with E-state index in [2.05, 4.69) is 25.6 Å². The molecule has 40 heavy (non-hydrogen) atoms. The standard InChI is InChI=1S/C29H31N5O5S/c1-18-10-11-19(15-26(18)40(36,37)31-17-21-7-6-14-39-21)27-22-8-4-5-9-23(22)28(34-33-27)32-20-12-13-25(38-3)24(16-20)29(35)30-2/h4-5,8-13,15-16,21,31H,6-7,14,17H2,1-3H3,(H,30,35)(H,32,34)/t21-/m1/s1. The van der Waals surface area contributed by atoms with Crippen LogP contribution in [0.3, 0.4) is 0 Å². The summed E-state index contributed by atoms with van der Waals surface area (Å²) in [6.45, 7) is 2.66. The summed E-state index contributed by atoms with van der Waals surface area (Å²) in [6, 6.07) is 18.0. The van der Waals surface area contributed by atoms with Crippen LogP contribution in [0, 0.1) is 6.92 Å². The zero-order valence-electron chi connectivity index (χ0n) is 22.5. The van der Waals surface area contributed by atoms with Crippen LogP contribution in [-0.4, -0.2) is 57.9 Å². The summed E-state index contributed by atoms with van der Waals surface area (Å²) in [4.78, 5) is 12.5. The number of ether oxygens (including phenoxy) is 2. The number of rotatable bonds is 9. The summed E-state index contributed by atoms with van der Waals surface area (Å²) in [7, 11) is -0.698. The van der Waals surface area contributed by atoms with E-state index >= 15 is 0 Å². The highest BCUT2D eigenvalue weighted by Gasteiger charge is 2.23. The number of hydrogen-bond acceptors (Lipinski definition) is 8. The van der Waals surface area contributed by atoms with Crippen molar-refractivity contribution in [1.82, 2.24) is 20.2 Å². The molecule has 3 aromatic carbocycles. The molecule has 5 rings (SSSR count). The fourth-order valence-electron chi connectivity index (χ4n) is 4.77. The number of amides is 1. The Kier molecular flexibility index (Phi) is 7.97. The molecule has 1 aliphatic rings. The number of benzene rings is 3. The third-order valence-electron chi connectivity index (χ3n) is 6.90. The van der Waals surface area contributed by atoms with Crippen molar-refractivity contribution < 1.29 is 22.7 Å². The maximum atomic E-state index is 13.2. The first-order valence-corrected chi connectivity index (χ1v) is 14.4.